The second-order valence-corrected chi connectivity index (χ2v) is 5.71. The lowest BCUT2D eigenvalue weighted by Gasteiger charge is -2.18. The summed E-state index contributed by atoms with van der Waals surface area (Å²) >= 11 is 1.35. The van der Waals surface area contributed by atoms with Crippen molar-refractivity contribution in [2.24, 2.45) is 0 Å². The van der Waals surface area contributed by atoms with Gasteiger partial charge in [-0.1, -0.05) is 18.2 Å². The molecule has 0 atom stereocenters. The molecule has 1 aromatic carbocycles. The molecule has 1 N–H and O–H groups in total. The van der Waals surface area contributed by atoms with Crippen LogP contribution in [0.15, 0.2) is 41.8 Å². The third-order valence-corrected chi connectivity index (χ3v) is 3.99. The Morgan fingerprint density at radius 3 is 2.77 bits per heavy atom. The van der Waals surface area contributed by atoms with Crippen LogP contribution in [-0.2, 0) is 11.3 Å². The Hall–Kier alpha value is -2.34. The molecule has 0 aliphatic rings. The Morgan fingerprint density at radius 2 is 2.09 bits per heavy atom. The number of benzene rings is 1. The molecule has 0 aliphatic heterocycles. The maximum Gasteiger partial charge on any atom is 0.261 e. The van der Waals surface area contributed by atoms with Gasteiger partial charge in [-0.25, -0.2) is 0 Å². The minimum absolute atomic E-state index is 0.0167. The average Bonchev–Trinajstić information content (AvgIpc) is 3.06. The molecule has 2 amide bonds. The van der Waals surface area contributed by atoms with E-state index >= 15 is 0 Å². The smallest absolute Gasteiger partial charge is 0.261 e. The van der Waals surface area contributed by atoms with Crippen molar-refractivity contribution in [3.8, 4) is 5.75 Å². The average molecular weight is 318 g/mol. The van der Waals surface area contributed by atoms with Crippen molar-refractivity contribution in [2.45, 2.75) is 6.54 Å². The summed E-state index contributed by atoms with van der Waals surface area (Å²) < 4.78 is 5.16. The maximum atomic E-state index is 12.1. The SMILES string of the molecule is COc1cccc(CN(C)C(=O)CNC(=O)c2cccs2)c1. The van der Waals surface area contributed by atoms with Gasteiger partial charge in [-0.05, 0) is 29.1 Å². The number of hydrogen-bond donors (Lipinski definition) is 1. The van der Waals surface area contributed by atoms with Gasteiger partial charge in [0.15, 0.2) is 0 Å². The lowest BCUT2D eigenvalue weighted by atomic mass is 10.2. The van der Waals surface area contributed by atoms with Crippen molar-refractivity contribution in [1.82, 2.24) is 10.2 Å². The molecule has 0 unspecified atom stereocenters. The van der Waals surface area contributed by atoms with Crippen LogP contribution < -0.4 is 10.1 Å². The Kier molecular flexibility index (Phi) is 5.55. The van der Waals surface area contributed by atoms with Gasteiger partial charge in [-0.15, -0.1) is 11.3 Å². The van der Waals surface area contributed by atoms with E-state index in [9.17, 15) is 9.59 Å². The van der Waals surface area contributed by atoms with Gasteiger partial charge in [0.1, 0.15) is 5.75 Å². The lowest BCUT2D eigenvalue weighted by Crippen LogP contribution is -2.37. The largest absolute Gasteiger partial charge is 0.497 e. The van der Waals surface area contributed by atoms with Gasteiger partial charge in [-0.3, -0.25) is 9.59 Å². The van der Waals surface area contributed by atoms with Crippen molar-refractivity contribution in [1.29, 1.82) is 0 Å². The summed E-state index contributed by atoms with van der Waals surface area (Å²) in [6, 6.07) is 11.1. The fourth-order valence-corrected chi connectivity index (χ4v) is 2.56. The van der Waals surface area contributed by atoms with Gasteiger partial charge < -0.3 is 15.0 Å². The number of carbonyl (C=O) groups is 2. The second kappa shape index (κ2) is 7.61. The highest BCUT2D eigenvalue weighted by Gasteiger charge is 2.12. The van der Waals surface area contributed by atoms with E-state index in [-0.39, 0.29) is 18.4 Å². The summed E-state index contributed by atoms with van der Waals surface area (Å²) in [4.78, 5) is 26.0. The maximum absolute atomic E-state index is 12.1. The zero-order valence-electron chi connectivity index (χ0n) is 12.5. The van der Waals surface area contributed by atoms with E-state index in [1.54, 1.807) is 31.2 Å². The summed E-state index contributed by atoms with van der Waals surface area (Å²) in [5.74, 6) is 0.384. The zero-order valence-corrected chi connectivity index (χ0v) is 13.4. The highest BCUT2D eigenvalue weighted by Crippen LogP contribution is 2.14. The summed E-state index contributed by atoms with van der Waals surface area (Å²) in [5, 5.41) is 4.45. The molecule has 0 spiro atoms. The van der Waals surface area contributed by atoms with Crippen molar-refractivity contribution in [3.05, 3.63) is 52.2 Å². The molecule has 0 aliphatic carbocycles. The number of nitrogens with one attached hydrogen (secondary N) is 1. The third kappa shape index (κ3) is 4.33. The Balaban J connectivity index is 1.85. The molecule has 5 nitrogen and oxygen atoms in total. The van der Waals surface area contributed by atoms with Crippen LogP contribution in [-0.4, -0.2) is 37.4 Å². The third-order valence-electron chi connectivity index (χ3n) is 3.12. The topological polar surface area (TPSA) is 58.6 Å². The molecule has 2 rings (SSSR count). The number of methoxy groups -OCH3 is 1. The number of thiophene rings is 1. The van der Waals surface area contributed by atoms with Gasteiger partial charge in [0, 0.05) is 13.6 Å². The van der Waals surface area contributed by atoms with Crippen LogP contribution in [0.5, 0.6) is 5.75 Å². The number of hydrogen-bond acceptors (Lipinski definition) is 4. The van der Waals surface area contributed by atoms with Crippen molar-refractivity contribution < 1.29 is 14.3 Å². The first kappa shape index (κ1) is 16.0. The standard InChI is InChI=1S/C16H18N2O3S/c1-18(11-12-5-3-6-13(9-12)21-2)15(19)10-17-16(20)14-7-4-8-22-14/h3-9H,10-11H2,1-2H3,(H,17,20). The first-order valence-corrected chi connectivity index (χ1v) is 7.66. The number of rotatable bonds is 6. The van der Waals surface area contributed by atoms with Crippen LogP contribution in [0.25, 0.3) is 0 Å². The quantitative estimate of drug-likeness (QED) is 0.888. The highest BCUT2D eigenvalue weighted by molar-refractivity contribution is 7.12. The van der Waals surface area contributed by atoms with Crippen LogP contribution in [0.1, 0.15) is 15.2 Å². The number of amides is 2. The van der Waals surface area contributed by atoms with Gasteiger partial charge in [0.25, 0.3) is 5.91 Å². The van der Waals surface area contributed by atoms with E-state index in [2.05, 4.69) is 5.32 Å². The molecule has 0 bridgehead atoms. The number of ether oxygens (including phenoxy) is 1. The van der Waals surface area contributed by atoms with Crippen LogP contribution in [0.3, 0.4) is 0 Å². The van der Waals surface area contributed by atoms with Crippen LogP contribution >= 0.6 is 11.3 Å². The van der Waals surface area contributed by atoms with Crippen LogP contribution in [0.4, 0.5) is 0 Å². The van der Waals surface area contributed by atoms with Gasteiger partial charge in [-0.2, -0.15) is 0 Å². The molecule has 116 valence electrons. The molecule has 22 heavy (non-hydrogen) atoms. The number of nitrogens with zero attached hydrogens (tertiary/aromatic N) is 1. The second-order valence-electron chi connectivity index (χ2n) is 4.76. The number of likely N-dealkylation sites (N-methyl/N-ethyl adjacent to an activating group) is 1. The first-order valence-electron chi connectivity index (χ1n) is 6.78. The first-order chi connectivity index (χ1) is 10.6. The summed E-state index contributed by atoms with van der Waals surface area (Å²) in [6.07, 6.45) is 0. The molecule has 1 heterocycles. The molecule has 1 aromatic heterocycles. The molecule has 0 radical (unpaired) electrons. The molecule has 0 fully saturated rings. The fourth-order valence-electron chi connectivity index (χ4n) is 1.92. The normalized spacial score (nSPS) is 10.1. The van der Waals surface area contributed by atoms with Gasteiger partial charge in [0.2, 0.25) is 5.91 Å². The Labute approximate surface area is 133 Å². The minimum Gasteiger partial charge on any atom is -0.497 e. The summed E-state index contributed by atoms with van der Waals surface area (Å²) in [7, 11) is 3.31. The molecule has 2 aromatic rings. The van der Waals surface area contributed by atoms with E-state index in [0.29, 0.717) is 11.4 Å². The summed E-state index contributed by atoms with van der Waals surface area (Å²) in [5.41, 5.74) is 0.972. The fraction of sp³-hybridized carbons (Fsp3) is 0.250. The lowest BCUT2D eigenvalue weighted by molar-refractivity contribution is -0.129. The van der Waals surface area contributed by atoms with Crippen molar-refractivity contribution >= 4 is 23.2 Å². The molecule has 0 saturated carbocycles. The highest BCUT2D eigenvalue weighted by atomic mass is 32.1. The molecule has 0 saturated heterocycles. The van der Waals surface area contributed by atoms with E-state index in [1.165, 1.54) is 11.3 Å². The van der Waals surface area contributed by atoms with Crippen LogP contribution in [0.2, 0.25) is 0 Å². The summed E-state index contributed by atoms with van der Waals surface area (Å²) in [6.45, 7) is 0.447. The Morgan fingerprint density at radius 1 is 1.27 bits per heavy atom. The Bertz CT molecular complexity index is 641. The van der Waals surface area contributed by atoms with E-state index in [4.69, 9.17) is 4.74 Å². The van der Waals surface area contributed by atoms with E-state index < -0.39 is 0 Å². The van der Waals surface area contributed by atoms with E-state index in [0.717, 1.165) is 11.3 Å². The molecular formula is C16H18N2O3S. The molecule has 6 heteroatoms. The minimum atomic E-state index is -0.224. The van der Waals surface area contributed by atoms with Gasteiger partial charge in [0.05, 0.1) is 18.5 Å². The molecular weight excluding hydrogens is 300 g/mol. The van der Waals surface area contributed by atoms with E-state index in [1.807, 2.05) is 29.6 Å². The zero-order chi connectivity index (χ0) is 15.9. The predicted molar refractivity (Wildman–Crippen MR) is 86.1 cm³/mol. The van der Waals surface area contributed by atoms with Crippen LogP contribution in [0, 0.1) is 0 Å². The number of carbonyl (C=O) groups excluding carboxylic acids is 2. The monoisotopic (exact) mass is 318 g/mol. The van der Waals surface area contributed by atoms with Gasteiger partial charge >= 0.3 is 0 Å². The van der Waals surface area contributed by atoms with Crippen molar-refractivity contribution in [3.63, 3.8) is 0 Å². The predicted octanol–water partition coefficient (Wildman–Crippen LogP) is 2.15. The van der Waals surface area contributed by atoms with Crippen molar-refractivity contribution in [2.75, 3.05) is 20.7 Å².